The molecule has 0 fully saturated rings. The molecule has 3 aromatic rings. The number of aromatic nitrogens is 1. The van der Waals surface area contributed by atoms with Gasteiger partial charge in [-0.1, -0.05) is 0 Å². The fraction of sp³-hybridized carbons (Fsp3) is 0.333. The van der Waals surface area contributed by atoms with E-state index in [1.807, 2.05) is 43.3 Å². The number of aromatic amines is 1. The molecule has 1 aliphatic heterocycles. The van der Waals surface area contributed by atoms with Crippen LogP contribution in [0.5, 0.6) is 17.2 Å². The molecule has 0 amide bonds. The van der Waals surface area contributed by atoms with Crippen molar-refractivity contribution in [3.63, 3.8) is 0 Å². The van der Waals surface area contributed by atoms with Crippen LogP contribution in [0.4, 0.5) is 0 Å². The highest BCUT2D eigenvalue weighted by Gasteiger charge is 2.33. The molecule has 32 heavy (non-hydrogen) atoms. The summed E-state index contributed by atoms with van der Waals surface area (Å²) in [4.78, 5) is 18.4. The summed E-state index contributed by atoms with van der Waals surface area (Å²) < 4.78 is 16.4. The van der Waals surface area contributed by atoms with Gasteiger partial charge in [0.25, 0.3) is 5.56 Å². The minimum atomic E-state index is -0.371. The normalized spacial score (nSPS) is 15.2. The van der Waals surface area contributed by atoms with Crippen LogP contribution in [0.15, 0.2) is 41.2 Å². The van der Waals surface area contributed by atoms with Gasteiger partial charge in [-0.2, -0.15) is 0 Å². The number of thiocarbonyl (C=S) groups is 1. The number of methoxy groups -OCH3 is 3. The number of hydrogen-bond acceptors (Lipinski definition) is 5. The fourth-order valence-electron chi connectivity index (χ4n) is 4.28. The van der Waals surface area contributed by atoms with E-state index in [4.69, 9.17) is 26.4 Å². The Bertz CT molecular complexity index is 1220. The van der Waals surface area contributed by atoms with E-state index in [1.54, 1.807) is 21.3 Å². The number of rotatable bonds is 5. The molecule has 4 rings (SSSR count). The van der Waals surface area contributed by atoms with Crippen LogP contribution in [0.25, 0.3) is 10.9 Å². The van der Waals surface area contributed by atoms with Crippen LogP contribution in [-0.4, -0.2) is 49.4 Å². The number of ether oxygens (including phenoxy) is 3. The van der Waals surface area contributed by atoms with Gasteiger partial charge in [-0.3, -0.25) is 4.79 Å². The average Bonchev–Trinajstić information content (AvgIpc) is 2.81. The van der Waals surface area contributed by atoms with Gasteiger partial charge >= 0.3 is 0 Å². The van der Waals surface area contributed by atoms with Crippen molar-refractivity contribution in [3.05, 3.63) is 63.4 Å². The SMILES string of the molecule is CCNC(=S)N1CCc2cc(OC)c(OC)cc2[C@@H]1c1cc2cc(OC)ccc2[nH]c1=O. The molecular weight excluding hydrogens is 426 g/mol. The predicted molar refractivity (Wildman–Crippen MR) is 129 cm³/mol. The van der Waals surface area contributed by atoms with E-state index in [9.17, 15) is 4.79 Å². The average molecular weight is 454 g/mol. The molecule has 0 saturated heterocycles. The van der Waals surface area contributed by atoms with E-state index in [0.29, 0.717) is 35.3 Å². The van der Waals surface area contributed by atoms with E-state index in [-0.39, 0.29) is 11.6 Å². The Labute approximate surface area is 192 Å². The molecule has 0 bridgehead atoms. The van der Waals surface area contributed by atoms with Crippen LogP contribution in [-0.2, 0) is 6.42 Å². The van der Waals surface area contributed by atoms with Crippen molar-refractivity contribution in [3.8, 4) is 17.2 Å². The summed E-state index contributed by atoms with van der Waals surface area (Å²) in [6.07, 6.45) is 0.775. The fourth-order valence-corrected chi connectivity index (χ4v) is 4.63. The summed E-state index contributed by atoms with van der Waals surface area (Å²) in [5, 5.41) is 4.74. The quantitative estimate of drug-likeness (QED) is 0.574. The minimum absolute atomic E-state index is 0.153. The standard InChI is InChI=1S/C24H27N3O4S/c1-5-25-24(32)27-9-8-14-12-20(30-3)21(31-4)13-17(14)22(27)18-11-15-10-16(29-2)6-7-19(15)26-23(18)28/h6-7,10-13,22H,5,8-9H2,1-4H3,(H,25,32)(H,26,28)/t22-/m1/s1. The first-order valence-corrected chi connectivity index (χ1v) is 10.9. The molecule has 0 spiro atoms. The van der Waals surface area contributed by atoms with Gasteiger partial charge in [-0.05, 0) is 73.1 Å². The molecule has 1 aliphatic rings. The smallest absolute Gasteiger partial charge is 0.254 e. The van der Waals surface area contributed by atoms with Gasteiger partial charge in [0, 0.05) is 29.6 Å². The summed E-state index contributed by atoms with van der Waals surface area (Å²) in [5.41, 5.74) is 3.29. The summed E-state index contributed by atoms with van der Waals surface area (Å²) in [5.74, 6) is 2.02. The van der Waals surface area contributed by atoms with Crippen LogP contribution in [0.2, 0.25) is 0 Å². The van der Waals surface area contributed by atoms with Gasteiger partial charge in [-0.15, -0.1) is 0 Å². The van der Waals surface area contributed by atoms with E-state index >= 15 is 0 Å². The molecule has 0 saturated carbocycles. The monoisotopic (exact) mass is 453 g/mol. The third-order valence-electron chi connectivity index (χ3n) is 5.84. The Morgan fingerprint density at radius 2 is 1.84 bits per heavy atom. The molecule has 1 aromatic heterocycles. The van der Waals surface area contributed by atoms with Crippen molar-refractivity contribution >= 4 is 28.2 Å². The second-order valence-corrected chi connectivity index (χ2v) is 7.98. The third-order valence-corrected chi connectivity index (χ3v) is 6.22. The number of fused-ring (bicyclic) bond motifs is 2. The van der Waals surface area contributed by atoms with Crippen molar-refractivity contribution in [2.45, 2.75) is 19.4 Å². The number of pyridine rings is 1. The lowest BCUT2D eigenvalue weighted by Gasteiger charge is -2.39. The van der Waals surface area contributed by atoms with Crippen LogP contribution in [0.3, 0.4) is 0 Å². The first-order valence-electron chi connectivity index (χ1n) is 10.5. The van der Waals surface area contributed by atoms with Gasteiger partial charge in [0.05, 0.1) is 27.4 Å². The van der Waals surface area contributed by atoms with Crippen molar-refractivity contribution < 1.29 is 14.2 Å². The van der Waals surface area contributed by atoms with Crippen LogP contribution in [0.1, 0.15) is 29.7 Å². The molecule has 2 N–H and O–H groups in total. The maximum atomic E-state index is 13.3. The highest BCUT2D eigenvalue weighted by Crippen LogP contribution is 2.40. The molecule has 1 atom stereocenters. The summed E-state index contributed by atoms with van der Waals surface area (Å²) >= 11 is 5.69. The topological polar surface area (TPSA) is 75.8 Å². The Morgan fingerprint density at radius 3 is 2.53 bits per heavy atom. The van der Waals surface area contributed by atoms with Gasteiger partial charge in [0.1, 0.15) is 5.75 Å². The Hall–Kier alpha value is -3.26. The molecule has 2 heterocycles. The predicted octanol–water partition coefficient (Wildman–Crippen LogP) is 3.40. The highest BCUT2D eigenvalue weighted by atomic mass is 32.1. The van der Waals surface area contributed by atoms with Crippen molar-refractivity contribution in [2.24, 2.45) is 0 Å². The zero-order chi connectivity index (χ0) is 22.8. The Kier molecular flexibility index (Phi) is 6.23. The summed E-state index contributed by atoms with van der Waals surface area (Å²) in [7, 11) is 4.86. The zero-order valence-corrected chi connectivity index (χ0v) is 19.5. The van der Waals surface area contributed by atoms with Crippen molar-refractivity contribution in [1.82, 2.24) is 15.2 Å². The van der Waals surface area contributed by atoms with Crippen molar-refractivity contribution in [2.75, 3.05) is 34.4 Å². The molecular formula is C24H27N3O4S. The summed E-state index contributed by atoms with van der Waals surface area (Å²) in [6.45, 7) is 3.38. The number of nitrogens with one attached hydrogen (secondary N) is 2. The van der Waals surface area contributed by atoms with Crippen LogP contribution < -0.4 is 25.1 Å². The molecule has 8 heteroatoms. The number of nitrogens with zero attached hydrogens (tertiary/aromatic N) is 1. The highest BCUT2D eigenvalue weighted by molar-refractivity contribution is 7.80. The lowest BCUT2D eigenvalue weighted by molar-refractivity contribution is 0.323. The molecule has 168 valence electrons. The van der Waals surface area contributed by atoms with E-state index in [0.717, 1.165) is 34.2 Å². The first-order chi connectivity index (χ1) is 15.5. The lowest BCUT2D eigenvalue weighted by atomic mass is 9.88. The third kappa shape index (κ3) is 3.86. The van der Waals surface area contributed by atoms with Crippen LogP contribution >= 0.6 is 12.2 Å². The summed E-state index contributed by atoms with van der Waals surface area (Å²) in [6, 6.07) is 11.1. The minimum Gasteiger partial charge on any atom is -0.497 e. The second-order valence-electron chi connectivity index (χ2n) is 7.59. The Morgan fingerprint density at radius 1 is 1.09 bits per heavy atom. The molecule has 0 unspecified atom stereocenters. The maximum Gasteiger partial charge on any atom is 0.254 e. The number of H-pyrrole nitrogens is 1. The second kappa shape index (κ2) is 9.08. The van der Waals surface area contributed by atoms with Gasteiger partial charge < -0.3 is 29.4 Å². The molecule has 2 aromatic carbocycles. The van der Waals surface area contributed by atoms with Gasteiger partial charge in [0.15, 0.2) is 16.6 Å². The Balaban J connectivity index is 1.95. The largest absolute Gasteiger partial charge is 0.497 e. The van der Waals surface area contributed by atoms with Crippen LogP contribution in [0, 0.1) is 0 Å². The van der Waals surface area contributed by atoms with E-state index in [1.165, 1.54) is 0 Å². The van der Waals surface area contributed by atoms with Gasteiger partial charge in [-0.25, -0.2) is 0 Å². The maximum absolute atomic E-state index is 13.3. The molecule has 0 radical (unpaired) electrons. The van der Waals surface area contributed by atoms with E-state index in [2.05, 4.69) is 15.2 Å². The van der Waals surface area contributed by atoms with Crippen molar-refractivity contribution in [1.29, 1.82) is 0 Å². The number of hydrogen-bond donors (Lipinski definition) is 2. The molecule has 7 nitrogen and oxygen atoms in total. The number of benzene rings is 2. The van der Waals surface area contributed by atoms with E-state index < -0.39 is 0 Å². The lowest BCUT2D eigenvalue weighted by Crippen LogP contribution is -2.47. The zero-order valence-electron chi connectivity index (χ0n) is 18.7. The van der Waals surface area contributed by atoms with Gasteiger partial charge in [0.2, 0.25) is 0 Å². The first kappa shape index (κ1) is 22.0. The molecule has 0 aliphatic carbocycles.